The van der Waals surface area contributed by atoms with E-state index < -0.39 is 0 Å². The van der Waals surface area contributed by atoms with Crippen molar-refractivity contribution in [2.24, 2.45) is 0 Å². The molecule has 1 aromatic heterocycles. The van der Waals surface area contributed by atoms with Crippen molar-refractivity contribution in [3.05, 3.63) is 22.4 Å². The molecule has 15 heavy (non-hydrogen) atoms. The van der Waals surface area contributed by atoms with Crippen LogP contribution >= 0.6 is 11.3 Å². The van der Waals surface area contributed by atoms with Gasteiger partial charge < -0.3 is 9.64 Å². The summed E-state index contributed by atoms with van der Waals surface area (Å²) in [6, 6.07) is 4.34. The number of methoxy groups -OCH3 is 1. The average molecular weight is 227 g/mol. The van der Waals surface area contributed by atoms with Crippen LogP contribution in [0.15, 0.2) is 17.5 Å². The fourth-order valence-corrected chi connectivity index (χ4v) is 2.15. The van der Waals surface area contributed by atoms with Gasteiger partial charge in [0, 0.05) is 31.5 Å². The van der Waals surface area contributed by atoms with Crippen LogP contribution in [0.5, 0.6) is 0 Å². The summed E-state index contributed by atoms with van der Waals surface area (Å²) < 4.78 is 4.82. The van der Waals surface area contributed by atoms with E-state index in [1.54, 1.807) is 16.2 Å². The number of ether oxygens (including phenoxy) is 1. The van der Waals surface area contributed by atoms with Crippen LogP contribution in [-0.2, 0) is 16.0 Å². The van der Waals surface area contributed by atoms with Gasteiger partial charge in [-0.3, -0.25) is 4.79 Å². The Labute approximate surface area is 94.7 Å². The number of hydrogen-bond acceptors (Lipinski definition) is 3. The molecular weight excluding hydrogens is 210 g/mol. The maximum absolute atomic E-state index is 11.5. The zero-order valence-electron chi connectivity index (χ0n) is 9.40. The number of amides is 1. The van der Waals surface area contributed by atoms with Gasteiger partial charge in [-0.15, -0.1) is 11.3 Å². The van der Waals surface area contributed by atoms with Gasteiger partial charge in [0.05, 0.1) is 0 Å². The molecule has 0 aliphatic heterocycles. The predicted octanol–water partition coefficient (Wildman–Crippen LogP) is 1.78. The molecule has 0 saturated carbocycles. The zero-order chi connectivity index (χ0) is 11.3. The second kappa shape index (κ2) is 5.88. The molecule has 0 aliphatic rings. The molecule has 84 valence electrons. The highest BCUT2D eigenvalue weighted by molar-refractivity contribution is 7.09. The fraction of sp³-hybridized carbons (Fsp3) is 0.545. The smallest absolute Gasteiger partial charge is 0.248 e. The Morgan fingerprint density at radius 2 is 2.40 bits per heavy atom. The summed E-state index contributed by atoms with van der Waals surface area (Å²) in [5.41, 5.74) is 0. The number of rotatable bonds is 5. The third-order valence-electron chi connectivity index (χ3n) is 2.40. The second-order valence-electron chi connectivity index (χ2n) is 3.57. The third kappa shape index (κ3) is 3.64. The van der Waals surface area contributed by atoms with Gasteiger partial charge in [0.25, 0.3) is 0 Å². The summed E-state index contributed by atoms with van der Waals surface area (Å²) in [5, 5.41) is 2.05. The first-order valence-electron chi connectivity index (χ1n) is 4.92. The van der Waals surface area contributed by atoms with Crippen LogP contribution in [0.3, 0.4) is 0 Å². The topological polar surface area (TPSA) is 29.5 Å². The van der Waals surface area contributed by atoms with Gasteiger partial charge in [0.15, 0.2) is 0 Å². The molecule has 0 bridgehead atoms. The summed E-state index contributed by atoms with van der Waals surface area (Å²) in [6.45, 7) is 2.21. The van der Waals surface area contributed by atoms with Gasteiger partial charge in [-0.25, -0.2) is 0 Å². The SMILES string of the molecule is COCC(=O)N(C)C(C)Cc1cccs1. The highest BCUT2D eigenvalue weighted by atomic mass is 32.1. The Hall–Kier alpha value is -0.870. The van der Waals surface area contributed by atoms with E-state index in [0.29, 0.717) is 0 Å². The van der Waals surface area contributed by atoms with Crippen molar-refractivity contribution >= 4 is 17.2 Å². The van der Waals surface area contributed by atoms with Crippen LogP contribution in [0.25, 0.3) is 0 Å². The molecule has 4 heteroatoms. The lowest BCUT2D eigenvalue weighted by molar-refractivity contribution is -0.135. The van der Waals surface area contributed by atoms with Crippen LogP contribution in [0.4, 0.5) is 0 Å². The Balaban J connectivity index is 2.46. The van der Waals surface area contributed by atoms with Crippen molar-refractivity contribution in [1.82, 2.24) is 4.90 Å². The molecular formula is C11H17NO2S. The average Bonchev–Trinajstić information content (AvgIpc) is 2.69. The van der Waals surface area contributed by atoms with Crippen LogP contribution in [0, 0.1) is 0 Å². The third-order valence-corrected chi connectivity index (χ3v) is 3.30. The minimum atomic E-state index is 0.0292. The Kier molecular flexibility index (Phi) is 4.78. The van der Waals surface area contributed by atoms with Crippen molar-refractivity contribution in [2.45, 2.75) is 19.4 Å². The summed E-state index contributed by atoms with van der Waals surface area (Å²) >= 11 is 1.72. The minimum absolute atomic E-state index is 0.0292. The van der Waals surface area contributed by atoms with Crippen molar-refractivity contribution in [3.8, 4) is 0 Å². The van der Waals surface area contributed by atoms with Crippen LogP contribution in [-0.4, -0.2) is 37.6 Å². The number of carbonyl (C=O) groups is 1. The lowest BCUT2D eigenvalue weighted by Crippen LogP contribution is -2.38. The lowest BCUT2D eigenvalue weighted by atomic mass is 10.2. The van der Waals surface area contributed by atoms with E-state index in [9.17, 15) is 4.79 Å². The highest BCUT2D eigenvalue weighted by Gasteiger charge is 2.15. The number of carbonyl (C=O) groups excluding carboxylic acids is 1. The van der Waals surface area contributed by atoms with E-state index >= 15 is 0 Å². The van der Waals surface area contributed by atoms with Gasteiger partial charge in [-0.05, 0) is 18.4 Å². The quantitative estimate of drug-likeness (QED) is 0.767. The van der Waals surface area contributed by atoms with Crippen LogP contribution in [0.1, 0.15) is 11.8 Å². The molecule has 1 heterocycles. The molecule has 0 N–H and O–H groups in total. The molecule has 0 spiro atoms. The number of thiophene rings is 1. The molecule has 1 aromatic rings. The molecule has 3 nitrogen and oxygen atoms in total. The first-order chi connectivity index (χ1) is 7.15. The monoisotopic (exact) mass is 227 g/mol. The fourth-order valence-electron chi connectivity index (χ4n) is 1.33. The first kappa shape index (κ1) is 12.2. The van der Waals surface area contributed by atoms with Gasteiger partial charge in [-0.1, -0.05) is 6.07 Å². The van der Waals surface area contributed by atoms with E-state index in [1.807, 2.05) is 20.0 Å². The highest BCUT2D eigenvalue weighted by Crippen LogP contribution is 2.13. The van der Waals surface area contributed by atoms with E-state index in [-0.39, 0.29) is 18.6 Å². The van der Waals surface area contributed by atoms with Gasteiger partial charge in [0.1, 0.15) is 6.61 Å². The molecule has 0 fully saturated rings. The molecule has 1 unspecified atom stereocenters. The van der Waals surface area contributed by atoms with Gasteiger partial charge >= 0.3 is 0 Å². The molecule has 0 aliphatic carbocycles. The van der Waals surface area contributed by atoms with Gasteiger partial charge in [-0.2, -0.15) is 0 Å². The van der Waals surface area contributed by atoms with E-state index in [1.165, 1.54) is 12.0 Å². The molecule has 0 aromatic carbocycles. The maximum atomic E-state index is 11.5. The first-order valence-corrected chi connectivity index (χ1v) is 5.80. The number of hydrogen-bond donors (Lipinski definition) is 0. The maximum Gasteiger partial charge on any atom is 0.248 e. The van der Waals surface area contributed by atoms with Crippen LogP contribution in [0.2, 0.25) is 0 Å². The van der Waals surface area contributed by atoms with Crippen molar-refractivity contribution in [1.29, 1.82) is 0 Å². The summed E-state index contributed by atoms with van der Waals surface area (Å²) in [6.07, 6.45) is 0.906. The molecule has 0 radical (unpaired) electrons. The normalized spacial score (nSPS) is 12.5. The van der Waals surface area contributed by atoms with E-state index in [0.717, 1.165) is 6.42 Å². The van der Waals surface area contributed by atoms with Crippen molar-refractivity contribution in [3.63, 3.8) is 0 Å². The number of likely N-dealkylation sites (N-methyl/N-ethyl adjacent to an activating group) is 1. The lowest BCUT2D eigenvalue weighted by Gasteiger charge is -2.24. The Morgan fingerprint density at radius 3 is 2.93 bits per heavy atom. The molecule has 0 saturated heterocycles. The van der Waals surface area contributed by atoms with Gasteiger partial charge in [0.2, 0.25) is 5.91 Å². The zero-order valence-corrected chi connectivity index (χ0v) is 10.2. The second-order valence-corrected chi connectivity index (χ2v) is 4.60. The minimum Gasteiger partial charge on any atom is -0.375 e. The standard InChI is InChI=1S/C11H17NO2S/c1-9(7-10-5-4-6-15-10)12(2)11(13)8-14-3/h4-6,9H,7-8H2,1-3H3. The summed E-state index contributed by atoms with van der Waals surface area (Å²) in [5.74, 6) is 0.0292. The molecule has 1 amide bonds. The van der Waals surface area contributed by atoms with Crippen molar-refractivity contribution in [2.75, 3.05) is 20.8 Å². The number of nitrogens with zero attached hydrogens (tertiary/aromatic N) is 1. The van der Waals surface area contributed by atoms with Crippen molar-refractivity contribution < 1.29 is 9.53 Å². The predicted molar refractivity (Wildman–Crippen MR) is 62.1 cm³/mol. The largest absolute Gasteiger partial charge is 0.375 e. The Bertz CT molecular complexity index is 298. The van der Waals surface area contributed by atoms with E-state index in [2.05, 4.69) is 11.4 Å². The molecule has 1 atom stereocenters. The molecule has 1 rings (SSSR count). The Morgan fingerprint density at radius 1 is 1.67 bits per heavy atom. The van der Waals surface area contributed by atoms with Crippen LogP contribution < -0.4 is 0 Å². The summed E-state index contributed by atoms with van der Waals surface area (Å²) in [7, 11) is 3.36. The summed E-state index contributed by atoms with van der Waals surface area (Å²) in [4.78, 5) is 14.6. The van der Waals surface area contributed by atoms with E-state index in [4.69, 9.17) is 4.74 Å².